The lowest BCUT2D eigenvalue weighted by Gasteiger charge is -2.38. The first-order valence-electron chi connectivity index (χ1n) is 6.01. The topological polar surface area (TPSA) is 62.7 Å². The summed E-state index contributed by atoms with van der Waals surface area (Å²) < 4.78 is 5.64. The van der Waals surface area contributed by atoms with Crippen molar-refractivity contribution in [3.05, 3.63) is 29.6 Å². The molecule has 1 aliphatic heterocycles. The summed E-state index contributed by atoms with van der Waals surface area (Å²) in [6.07, 6.45) is 1.51. The van der Waals surface area contributed by atoms with E-state index in [0.29, 0.717) is 13.2 Å². The van der Waals surface area contributed by atoms with Gasteiger partial charge in [0, 0.05) is 25.8 Å². The molecule has 1 aromatic rings. The highest BCUT2D eigenvalue weighted by atomic mass is 16.5. The van der Waals surface area contributed by atoms with Gasteiger partial charge < -0.3 is 9.84 Å². The smallest absolute Gasteiger partial charge is 0.354 e. The van der Waals surface area contributed by atoms with Crippen LogP contribution in [0.3, 0.4) is 0 Å². The second-order valence-electron chi connectivity index (χ2n) is 5.14. The summed E-state index contributed by atoms with van der Waals surface area (Å²) in [7, 11) is 0. The molecule has 0 aromatic carbocycles. The van der Waals surface area contributed by atoms with Crippen molar-refractivity contribution in [2.75, 3.05) is 19.7 Å². The van der Waals surface area contributed by atoms with Gasteiger partial charge in [-0.25, -0.2) is 9.78 Å². The normalized spacial score (nSPS) is 19.7. The van der Waals surface area contributed by atoms with Crippen molar-refractivity contribution in [1.82, 2.24) is 9.88 Å². The third-order valence-corrected chi connectivity index (χ3v) is 2.99. The highest BCUT2D eigenvalue weighted by Crippen LogP contribution is 2.19. The summed E-state index contributed by atoms with van der Waals surface area (Å²) in [6.45, 7) is 6.97. The molecule has 1 fully saturated rings. The third-order valence-electron chi connectivity index (χ3n) is 2.99. The van der Waals surface area contributed by atoms with Crippen molar-refractivity contribution < 1.29 is 14.6 Å². The zero-order chi connectivity index (χ0) is 13.2. The predicted molar refractivity (Wildman–Crippen MR) is 66.5 cm³/mol. The van der Waals surface area contributed by atoms with Crippen LogP contribution in [-0.2, 0) is 11.3 Å². The van der Waals surface area contributed by atoms with Crippen LogP contribution in [0.1, 0.15) is 29.9 Å². The molecular formula is C13H18N2O3. The van der Waals surface area contributed by atoms with Crippen molar-refractivity contribution in [2.24, 2.45) is 0 Å². The lowest BCUT2D eigenvalue weighted by atomic mass is 10.1. The quantitative estimate of drug-likeness (QED) is 0.878. The van der Waals surface area contributed by atoms with Gasteiger partial charge in [0.25, 0.3) is 0 Å². The van der Waals surface area contributed by atoms with Gasteiger partial charge >= 0.3 is 5.97 Å². The molecule has 0 bridgehead atoms. The molecule has 5 nitrogen and oxygen atoms in total. The number of aromatic carboxylic acids is 1. The van der Waals surface area contributed by atoms with Crippen LogP contribution in [0.25, 0.3) is 0 Å². The highest BCUT2D eigenvalue weighted by molar-refractivity contribution is 5.86. The van der Waals surface area contributed by atoms with E-state index < -0.39 is 5.97 Å². The Bertz CT molecular complexity index is 446. The Labute approximate surface area is 106 Å². The molecule has 0 spiro atoms. The summed E-state index contributed by atoms with van der Waals surface area (Å²) in [5.74, 6) is -0.974. The highest BCUT2D eigenvalue weighted by Gasteiger charge is 2.27. The molecule has 0 unspecified atom stereocenters. The molecule has 1 N–H and O–H groups in total. The van der Waals surface area contributed by atoms with Gasteiger partial charge in [-0.15, -0.1) is 0 Å². The van der Waals surface area contributed by atoms with Crippen LogP contribution in [0.2, 0.25) is 0 Å². The van der Waals surface area contributed by atoms with Crippen molar-refractivity contribution in [1.29, 1.82) is 0 Å². The Morgan fingerprint density at radius 1 is 1.61 bits per heavy atom. The first-order valence-corrected chi connectivity index (χ1v) is 6.01. The van der Waals surface area contributed by atoms with Crippen LogP contribution >= 0.6 is 0 Å². The van der Waals surface area contributed by atoms with Gasteiger partial charge in [-0.3, -0.25) is 4.90 Å². The lowest BCUT2D eigenvalue weighted by molar-refractivity contribution is -0.0883. The molecule has 5 heteroatoms. The molecule has 1 saturated heterocycles. The summed E-state index contributed by atoms with van der Waals surface area (Å²) in [5.41, 5.74) is 0.716. The van der Waals surface area contributed by atoms with E-state index in [1.54, 1.807) is 6.07 Å². The second kappa shape index (κ2) is 5.04. The number of carboxylic acids is 1. The molecule has 1 aliphatic rings. The number of carboxylic acid groups (broad SMARTS) is 1. The number of nitrogens with zero attached hydrogens (tertiary/aromatic N) is 2. The number of pyridine rings is 1. The van der Waals surface area contributed by atoms with Crippen LogP contribution in [0.15, 0.2) is 18.3 Å². The van der Waals surface area contributed by atoms with Gasteiger partial charge in [-0.1, -0.05) is 6.07 Å². The van der Waals surface area contributed by atoms with Crippen molar-refractivity contribution in [2.45, 2.75) is 26.0 Å². The maximum atomic E-state index is 11.1. The Kier molecular flexibility index (Phi) is 3.63. The minimum absolute atomic E-state index is 0.141. The molecule has 0 radical (unpaired) electrons. The number of ether oxygens (including phenoxy) is 1. The fourth-order valence-electron chi connectivity index (χ4n) is 2.25. The molecule has 0 saturated carbocycles. The van der Waals surface area contributed by atoms with Crippen molar-refractivity contribution in [3.63, 3.8) is 0 Å². The molecule has 18 heavy (non-hydrogen) atoms. The first kappa shape index (κ1) is 13.0. The zero-order valence-corrected chi connectivity index (χ0v) is 10.7. The predicted octanol–water partition coefficient (Wildman–Crippen LogP) is 1.39. The molecule has 98 valence electrons. The number of rotatable bonds is 3. The van der Waals surface area contributed by atoms with Crippen LogP contribution in [-0.4, -0.2) is 46.3 Å². The largest absolute Gasteiger partial charge is 0.477 e. The average Bonchev–Trinajstić information content (AvgIpc) is 2.28. The SMILES string of the molecule is CC1(C)CN(Cc2cccnc2C(=O)O)CCO1. The summed E-state index contributed by atoms with van der Waals surface area (Å²) in [6, 6.07) is 3.59. The Hall–Kier alpha value is -1.46. The van der Waals surface area contributed by atoms with Gasteiger partial charge in [0.15, 0.2) is 5.69 Å². The van der Waals surface area contributed by atoms with Crippen LogP contribution in [0.4, 0.5) is 0 Å². The molecule has 2 heterocycles. The van der Waals surface area contributed by atoms with Crippen molar-refractivity contribution in [3.8, 4) is 0 Å². The first-order chi connectivity index (χ1) is 8.48. The van der Waals surface area contributed by atoms with E-state index in [-0.39, 0.29) is 11.3 Å². The molecule has 0 amide bonds. The van der Waals surface area contributed by atoms with E-state index in [1.807, 2.05) is 19.9 Å². The van der Waals surface area contributed by atoms with E-state index >= 15 is 0 Å². The molecular weight excluding hydrogens is 232 g/mol. The maximum Gasteiger partial charge on any atom is 0.354 e. The van der Waals surface area contributed by atoms with E-state index in [9.17, 15) is 4.79 Å². The summed E-state index contributed by atoms with van der Waals surface area (Å²) in [5, 5.41) is 9.09. The number of aromatic nitrogens is 1. The molecule has 0 atom stereocenters. The monoisotopic (exact) mass is 250 g/mol. The zero-order valence-electron chi connectivity index (χ0n) is 10.7. The Morgan fingerprint density at radius 3 is 3.06 bits per heavy atom. The number of hydrogen-bond acceptors (Lipinski definition) is 4. The number of carbonyl (C=O) groups is 1. The Balaban J connectivity index is 2.12. The summed E-state index contributed by atoms with van der Waals surface area (Å²) >= 11 is 0. The van der Waals surface area contributed by atoms with Gasteiger partial charge in [0.1, 0.15) is 0 Å². The Morgan fingerprint density at radius 2 is 2.39 bits per heavy atom. The molecule has 2 rings (SSSR count). The molecule has 1 aromatic heterocycles. The fourth-order valence-corrected chi connectivity index (χ4v) is 2.25. The van der Waals surface area contributed by atoms with Crippen LogP contribution in [0, 0.1) is 0 Å². The van der Waals surface area contributed by atoms with E-state index in [4.69, 9.17) is 9.84 Å². The van der Waals surface area contributed by atoms with Gasteiger partial charge in [0.2, 0.25) is 0 Å². The molecule has 0 aliphatic carbocycles. The minimum Gasteiger partial charge on any atom is -0.477 e. The van der Waals surface area contributed by atoms with Crippen molar-refractivity contribution >= 4 is 5.97 Å². The van der Waals surface area contributed by atoms with Gasteiger partial charge in [-0.2, -0.15) is 0 Å². The van der Waals surface area contributed by atoms with E-state index in [0.717, 1.165) is 18.7 Å². The van der Waals surface area contributed by atoms with Crippen LogP contribution < -0.4 is 0 Å². The number of hydrogen-bond donors (Lipinski definition) is 1. The average molecular weight is 250 g/mol. The minimum atomic E-state index is -0.974. The second-order valence-corrected chi connectivity index (χ2v) is 5.14. The maximum absolute atomic E-state index is 11.1. The fraction of sp³-hybridized carbons (Fsp3) is 0.538. The van der Waals surface area contributed by atoms with Gasteiger partial charge in [0.05, 0.1) is 12.2 Å². The number of morpholine rings is 1. The third kappa shape index (κ3) is 3.05. The standard InChI is InChI=1S/C13H18N2O3/c1-13(2)9-15(6-7-18-13)8-10-4-3-5-14-11(10)12(16)17/h3-5H,6-9H2,1-2H3,(H,16,17). The van der Waals surface area contributed by atoms with E-state index in [1.165, 1.54) is 6.20 Å². The summed E-state index contributed by atoms with van der Waals surface area (Å²) in [4.78, 5) is 17.2. The van der Waals surface area contributed by atoms with Crippen LogP contribution in [0.5, 0.6) is 0 Å². The van der Waals surface area contributed by atoms with E-state index in [2.05, 4.69) is 9.88 Å². The van der Waals surface area contributed by atoms with Gasteiger partial charge in [-0.05, 0) is 25.5 Å². The lowest BCUT2D eigenvalue weighted by Crippen LogP contribution is -2.47.